The standard InChI is InChI=1S/C7H4BrF4N/c8-4-1-3(7(10,11)12)2-5(9)6(4)13/h1-2H,13H2. The normalized spacial score (nSPS) is 11.8. The van der Waals surface area contributed by atoms with E-state index in [1.807, 2.05) is 0 Å². The predicted octanol–water partition coefficient (Wildman–Crippen LogP) is 3.19. The fraction of sp³-hybridized carbons (Fsp3) is 0.143. The Morgan fingerprint density at radius 2 is 1.77 bits per heavy atom. The average Bonchev–Trinajstić information content (AvgIpc) is 1.97. The number of nitrogens with two attached hydrogens (primary N) is 1. The Morgan fingerprint density at radius 3 is 2.15 bits per heavy atom. The molecule has 0 radical (unpaired) electrons. The van der Waals surface area contributed by atoms with Gasteiger partial charge in [0.2, 0.25) is 0 Å². The third-order valence-electron chi connectivity index (χ3n) is 1.41. The minimum Gasteiger partial charge on any atom is -0.395 e. The van der Waals surface area contributed by atoms with Crippen LogP contribution in [-0.2, 0) is 6.18 Å². The van der Waals surface area contributed by atoms with Gasteiger partial charge in [0, 0.05) is 4.47 Å². The largest absolute Gasteiger partial charge is 0.416 e. The Hall–Kier alpha value is -0.780. The molecule has 1 aromatic rings. The van der Waals surface area contributed by atoms with Gasteiger partial charge in [0.15, 0.2) is 0 Å². The van der Waals surface area contributed by atoms with E-state index >= 15 is 0 Å². The summed E-state index contributed by atoms with van der Waals surface area (Å²) >= 11 is 2.72. The van der Waals surface area contributed by atoms with Crippen LogP contribution in [0, 0.1) is 5.82 Å². The molecule has 6 heteroatoms. The zero-order valence-corrected chi connectivity index (χ0v) is 7.71. The third kappa shape index (κ3) is 2.12. The molecular formula is C7H4BrF4N. The van der Waals surface area contributed by atoms with Crippen molar-refractivity contribution in [3.8, 4) is 0 Å². The highest BCUT2D eigenvalue weighted by Crippen LogP contribution is 2.34. The summed E-state index contributed by atoms with van der Waals surface area (Å²) in [6.07, 6.45) is -4.56. The van der Waals surface area contributed by atoms with Crippen LogP contribution in [0.25, 0.3) is 0 Å². The maximum atomic E-state index is 12.7. The van der Waals surface area contributed by atoms with Crippen molar-refractivity contribution in [2.45, 2.75) is 6.18 Å². The van der Waals surface area contributed by atoms with E-state index in [1.54, 1.807) is 0 Å². The Kier molecular flexibility index (Phi) is 2.51. The number of halogens is 5. The van der Waals surface area contributed by atoms with Gasteiger partial charge in [-0.05, 0) is 28.1 Å². The van der Waals surface area contributed by atoms with E-state index in [9.17, 15) is 17.6 Å². The van der Waals surface area contributed by atoms with Crippen LogP contribution in [0.2, 0.25) is 0 Å². The van der Waals surface area contributed by atoms with Crippen molar-refractivity contribution in [3.05, 3.63) is 28.0 Å². The Balaban J connectivity index is 3.29. The van der Waals surface area contributed by atoms with Gasteiger partial charge in [0.05, 0.1) is 11.3 Å². The smallest absolute Gasteiger partial charge is 0.395 e. The number of nitrogen functional groups attached to an aromatic ring is 1. The molecule has 0 heterocycles. The van der Waals surface area contributed by atoms with E-state index in [1.165, 1.54) is 0 Å². The summed E-state index contributed by atoms with van der Waals surface area (Å²) in [4.78, 5) is 0. The summed E-state index contributed by atoms with van der Waals surface area (Å²) in [6.45, 7) is 0. The van der Waals surface area contributed by atoms with Crippen LogP contribution < -0.4 is 5.73 Å². The van der Waals surface area contributed by atoms with Gasteiger partial charge in [0.25, 0.3) is 0 Å². The molecule has 1 rings (SSSR count). The first kappa shape index (κ1) is 10.3. The van der Waals surface area contributed by atoms with Crippen LogP contribution in [0.15, 0.2) is 16.6 Å². The molecule has 0 spiro atoms. The van der Waals surface area contributed by atoms with Crippen LogP contribution in [-0.4, -0.2) is 0 Å². The zero-order chi connectivity index (χ0) is 10.2. The minimum absolute atomic E-state index is 0.0974. The summed E-state index contributed by atoms with van der Waals surface area (Å²) in [7, 11) is 0. The number of anilines is 1. The maximum absolute atomic E-state index is 12.7. The van der Waals surface area contributed by atoms with Gasteiger partial charge in [-0.3, -0.25) is 0 Å². The van der Waals surface area contributed by atoms with Crippen LogP contribution >= 0.6 is 15.9 Å². The summed E-state index contributed by atoms with van der Waals surface area (Å²) in [5, 5.41) is 0. The second-order valence-corrected chi connectivity index (χ2v) is 3.21. The van der Waals surface area contributed by atoms with Crippen molar-refractivity contribution in [1.29, 1.82) is 0 Å². The molecule has 0 aromatic heterocycles. The van der Waals surface area contributed by atoms with Gasteiger partial charge in [-0.1, -0.05) is 0 Å². The molecule has 72 valence electrons. The van der Waals surface area contributed by atoms with Crippen molar-refractivity contribution >= 4 is 21.6 Å². The molecule has 0 saturated carbocycles. The molecule has 2 N–H and O–H groups in total. The average molecular weight is 258 g/mol. The molecule has 0 amide bonds. The van der Waals surface area contributed by atoms with Gasteiger partial charge in [-0.2, -0.15) is 13.2 Å². The summed E-state index contributed by atoms with van der Waals surface area (Å²) in [5.41, 5.74) is 3.72. The number of hydrogen-bond acceptors (Lipinski definition) is 1. The van der Waals surface area contributed by atoms with E-state index in [4.69, 9.17) is 5.73 Å². The highest BCUT2D eigenvalue weighted by molar-refractivity contribution is 9.10. The van der Waals surface area contributed by atoms with E-state index in [-0.39, 0.29) is 10.2 Å². The van der Waals surface area contributed by atoms with Crippen LogP contribution in [0.1, 0.15) is 5.56 Å². The Morgan fingerprint density at radius 1 is 1.23 bits per heavy atom. The lowest BCUT2D eigenvalue weighted by atomic mass is 10.2. The molecular weight excluding hydrogens is 254 g/mol. The monoisotopic (exact) mass is 257 g/mol. The fourth-order valence-electron chi connectivity index (χ4n) is 0.748. The van der Waals surface area contributed by atoms with E-state index in [2.05, 4.69) is 15.9 Å². The molecule has 0 bridgehead atoms. The van der Waals surface area contributed by atoms with Gasteiger partial charge in [0.1, 0.15) is 5.82 Å². The van der Waals surface area contributed by atoms with Gasteiger partial charge < -0.3 is 5.73 Å². The van der Waals surface area contributed by atoms with E-state index in [0.29, 0.717) is 6.07 Å². The molecule has 0 aliphatic rings. The molecule has 1 nitrogen and oxygen atoms in total. The highest BCUT2D eigenvalue weighted by atomic mass is 79.9. The lowest BCUT2D eigenvalue weighted by molar-refractivity contribution is -0.137. The van der Waals surface area contributed by atoms with Crippen molar-refractivity contribution in [2.75, 3.05) is 5.73 Å². The molecule has 1 aromatic carbocycles. The summed E-state index contributed by atoms with van der Waals surface area (Å²) in [6, 6.07) is 1.10. The zero-order valence-electron chi connectivity index (χ0n) is 6.12. The van der Waals surface area contributed by atoms with Crippen LogP contribution in [0.4, 0.5) is 23.2 Å². The Bertz CT molecular complexity index is 311. The maximum Gasteiger partial charge on any atom is 0.416 e. The van der Waals surface area contributed by atoms with Crippen LogP contribution in [0.3, 0.4) is 0 Å². The number of hydrogen-bond donors (Lipinski definition) is 1. The summed E-state index contributed by atoms with van der Waals surface area (Å²) < 4.78 is 48.8. The fourth-order valence-corrected chi connectivity index (χ4v) is 1.18. The lowest BCUT2D eigenvalue weighted by Gasteiger charge is -2.08. The van der Waals surface area contributed by atoms with Gasteiger partial charge >= 0.3 is 6.18 Å². The second kappa shape index (κ2) is 3.17. The SMILES string of the molecule is Nc1c(F)cc(C(F)(F)F)cc1Br. The first-order valence-electron chi connectivity index (χ1n) is 3.14. The molecule has 0 fully saturated rings. The van der Waals surface area contributed by atoms with Crippen molar-refractivity contribution in [1.82, 2.24) is 0 Å². The first-order chi connectivity index (χ1) is 5.82. The first-order valence-corrected chi connectivity index (χ1v) is 3.93. The molecule has 0 aliphatic heterocycles. The van der Waals surface area contributed by atoms with Gasteiger partial charge in [-0.15, -0.1) is 0 Å². The molecule has 0 saturated heterocycles. The second-order valence-electron chi connectivity index (χ2n) is 2.35. The summed E-state index contributed by atoms with van der Waals surface area (Å²) in [5.74, 6) is -1.08. The topological polar surface area (TPSA) is 26.0 Å². The van der Waals surface area contributed by atoms with Crippen molar-refractivity contribution < 1.29 is 17.6 Å². The quantitative estimate of drug-likeness (QED) is 0.561. The van der Waals surface area contributed by atoms with E-state index in [0.717, 1.165) is 6.07 Å². The molecule has 0 unspecified atom stereocenters. The van der Waals surface area contributed by atoms with E-state index < -0.39 is 17.6 Å². The van der Waals surface area contributed by atoms with Crippen molar-refractivity contribution in [3.63, 3.8) is 0 Å². The van der Waals surface area contributed by atoms with Crippen molar-refractivity contribution in [2.24, 2.45) is 0 Å². The number of rotatable bonds is 0. The minimum atomic E-state index is -4.56. The highest BCUT2D eigenvalue weighted by Gasteiger charge is 2.31. The third-order valence-corrected chi connectivity index (χ3v) is 2.06. The van der Waals surface area contributed by atoms with Gasteiger partial charge in [-0.25, -0.2) is 4.39 Å². The molecule has 0 aliphatic carbocycles. The predicted molar refractivity (Wildman–Crippen MR) is 43.5 cm³/mol. The molecule has 13 heavy (non-hydrogen) atoms. The lowest BCUT2D eigenvalue weighted by Crippen LogP contribution is -2.06. The number of benzene rings is 1. The number of alkyl halides is 3. The van der Waals surface area contributed by atoms with Crippen LogP contribution in [0.5, 0.6) is 0 Å². The Labute approximate surface area is 79.7 Å². The molecule has 0 atom stereocenters.